The minimum Gasteiger partial charge on any atom is -0.428 e. The molecule has 198 valence electrons. The molecule has 4 heterocycles. The molecule has 1 spiro atoms. The summed E-state index contributed by atoms with van der Waals surface area (Å²) in [5.74, 6) is 1.13. The van der Waals surface area contributed by atoms with E-state index in [-0.39, 0.29) is 5.91 Å². The molecule has 2 aromatic heterocycles. The molecule has 8 nitrogen and oxygen atoms in total. The molecule has 6 rings (SSSR count). The van der Waals surface area contributed by atoms with Crippen LogP contribution >= 0.6 is 22.9 Å². The van der Waals surface area contributed by atoms with Crippen LogP contribution in [0.15, 0.2) is 40.7 Å². The average Bonchev–Trinajstić information content (AvgIpc) is 3.42. The van der Waals surface area contributed by atoms with Crippen LogP contribution in [0, 0.1) is 23.7 Å². The third-order valence-electron chi connectivity index (χ3n) is 7.33. The Labute approximate surface area is 227 Å². The number of carbonyl (C=O) groups excluding carboxylic acids is 2. The van der Waals surface area contributed by atoms with Gasteiger partial charge in [-0.25, -0.2) is 0 Å². The summed E-state index contributed by atoms with van der Waals surface area (Å²) < 4.78 is 5.04. The molecular formula is C27H34ClN5O3S. The molecule has 1 unspecified atom stereocenters. The van der Waals surface area contributed by atoms with Crippen LogP contribution in [0.2, 0.25) is 5.02 Å². The minimum absolute atomic E-state index is 0.161. The van der Waals surface area contributed by atoms with Crippen LogP contribution in [-0.4, -0.2) is 70.4 Å². The Kier molecular flexibility index (Phi) is 8.46. The van der Waals surface area contributed by atoms with Gasteiger partial charge in [0.05, 0.1) is 18.1 Å². The van der Waals surface area contributed by atoms with Crippen molar-refractivity contribution in [2.75, 3.05) is 33.2 Å². The van der Waals surface area contributed by atoms with Crippen LogP contribution in [0.3, 0.4) is 0 Å². The number of halogens is 1. The molecule has 1 aliphatic carbocycles. The summed E-state index contributed by atoms with van der Waals surface area (Å²) in [5, 5.41) is 8.18. The van der Waals surface area contributed by atoms with Crippen molar-refractivity contribution in [2.24, 2.45) is 16.7 Å². The number of likely N-dealkylation sites (tertiary alicyclic amines) is 2. The van der Waals surface area contributed by atoms with Gasteiger partial charge in [-0.15, -0.1) is 21.5 Å². The van der Waals surface area contributed by atoms with E-state index in [4.69, 9.17) is 16.0 Å². The number of hydrogen-bond acceptors (Lipinski definition) is 8. The van der Waals surface area contributed by atoms with Crippen LogP contribution < -0.4 is 0 Å². The van der Waals surface area contributed by atoms with E-state index in [2.05, 4.69) is 41.0 Å². The molecule has 2 saturated heterocycles. The van der Waals surface area contributed by atoms with Gasteiger partial charge < -0.3 is 19.0 Å². The first-order valence-electron chi connectivity index (χ1n) is 12.4. The Morgan fingerprint density at radius 3 is 2.57 bits per heavy atom. The highest BCUT2D eigenvalue weighted by Gasteiger charge is 2.47. The number of amides is 1. The molecule has 0 bridgehead atoms. The van der Waals surface area contributed by atoms with Gasteiger partial charge in [-0.05, 0) is 49.4 Å². The van der Waals surface area contributed by atoms with Crippen LogP contribution in [0.5, 0.6) is 0 Å². The van der Waals surface area contributed by atoms with E-state index in [9.17, 15) is 9.59 Å². The van der Waals surface area contributed by atoms with E-state index < -0.39 is 0 Å². The number of nitrogens with zero attached hydrogens (tertiary/aromatic N) is 5. The van der Waals surface area contributed by atoms with Crippen LogP contribution in [-0.2, 0) is 11.2 Å². The number of hydrogen-bond donors (Lipinski definition) is 0. The lowest BCUT2D eigenvalue weighted by atomic mass is 9.79. The monoisotopic (exact) mass is 543 g/mol. The zero-order chi connectivity index (χ0) is 26.6. The molecule has 1 saturated carbocycles. The third-order valence-corrected chi connectivity index (χ3v) is 8.50. The fourth-order valence-corrected chi connectivity index (χ4v) is 5.67. The highest BCUT2D eigenvalue weighted by atomic mass is 35.5. The quantitative estimate of drug-likeness (QED) is 0.437. The van der Waals surface area contributed by atoms with Crippen molar-refractivity contribution in [3.63, 3.8) is 0 Å². The predicted octanol–water partition coefficient (Wildman–Crippen LogP) is 4.77. The van der Waals surface area contributed by atoms with Gasteiger partial charge in [0, 0.05) is 42.5 Å². The number of aromatic nitrogens is 3. The second-order valence-electron chi connectivity index (χ2n) is 11.0. The molecule has 2 aliphatic heterocycles. The van der Waals surface area contributed by atoms with Crippen molar-refractivity contribution >= 4 is 35.1 Å². The lowest BCUT2D eigenvalue weighted by Crippen LogP contribution is -2.55. The number of benzene rings is 1. The molecule has 1 atom stereocenters. The summed E-state index contributed by atoms with van der Waals surface area (Å²) >= 11 is 7.42. The fourth-order valence-electron chi connectivity index (χ4n) is 4.88. The lowest BCUT2D eigenvalue weighted by Gasteiger charge is -2.46. The molecule has 0 N–H and O–H groups in total. The lowest BCUT2D eigenvalue weighted by molar-refractivity contribution is -0.109. The van der Waals surface area contributed by atoms with Gasteiger partial charge in [0.1, 0.15) is 11.2 Å². The van der Waals surface area contributed by atoms with E-state index in [1.54, 1.807) is 11.7 Å². The van der Waals surface area contributed by atoms with Gasteiger partial charge in [-0.2, -0.15) is 0 Å². The smallest absolute Gasteiger partial charge is 0.265 e. The Morgan fingerprint density at radius 2 is 2.05 bits per heavy atom. The first kappa shape index (κ1) is 27.4. The van der Waals surface area contributed by atoms with E-state index in [1.165, 1.54) is 17.7 Å². The van der Waals surface area contributed by atoms with Crippen molar-refractivity contribution in [3.8, 4) is 0 Å². The fraction of sp³-hybridized carbons (Fsp3) is 0.519. The van der Waals surface area contributed by atoms with E-state index in [1.807, 2.05) is 30.0 Å². The molecule has 1 amide bonds. The summed E-state index contributed by atoms with van der Waals surface area (Å²) in [5.41, 5.74) is 4.61. The van der Waals surface area contributed by atoms with Gasteiger partial charge in [0.25, 0.3) is 5.91 Å². The van der Waals surface area contributed by atoms with E-state index in [0.29, 0.717) is 29.1 Å². The Morgan fingerprint density at radius 1 is 1.30 bits per heavy atom. The van der Waals surface area contributed by atoms with Gasteiger partial charge in [-0.1, -0.05) is 37.6 Å². The molecular weight excluding hydrogens is 510 g/mol. The summed E-state index contributed by atoms with van der Waals surface area (Å²) in [6.45, 7) is 10.3. The molecule has 3 aliphatic rings. The van der Waals surface area contributed by atoms with Crippen molar-refractivity contribution in [1.29, 1.82) is 0 Å². The van der Waals surface area contributed by atoms with Gasteiger partial charge in [0.2, 0.25) is 12.3 Å². The summed E-state index contributed by atoms with van der Waals surface area (Å²) in [6, 6.07) is 5.90. The van der Waals surface area contributed by atoms with Crippen LogP contribution in [0.4, 0.5) is 0 Å². The maximum Gasteiger partial charge on any atom is 0.265 e. The highest BCUT2D eigenvalue weighted by molar-refractivity contribution is 7.11. The molecule has 0 radical (unpaired) electrons. The molecule has 3 fully saturated rings. The van der Waals surface area contributed by atoms with Gasteiger partial charge in [-0.3, -0.25) is 9.78 Å². The minimum atomic E-state index is 0.161. The highest BCUT2D eigenvalue weighted by Crippen LogP contribution is 2.49. The largest absolute Gasteiger partial charge is 0.428 e. The first-order chi connectivity index (χ1) is 17.6. The Hall–Kier alpha value is -2.62. The third kappa shape index (κ3) is 7.03. The van der Waals surface area contributed by atoms with E-state index in [0.717, 1.165) is 66.3 Å². The van der Waals surface area contributed by atoms with Crippen molar-refractivity contribution < 1.29 is 14.0 Å². The Balaban J connectivity index is 0.000000139. The van der Waals surface area contributed by atoms with Crippen molar-refractivity contribution in [2.45, 2.75) is 40.0 Å². The summed E-state index contributed by atoms with van der Waals surface area (Å²) in [7, 11) is 2.14. The topological polar surface area (TPSA) is 92.4 Å². The van der Waals surface area contributed by atoms with Crippen LogP contribution in [0.25, 0.3) is 0 Å². The van der Waals surface area contributed by atoms with Crippen LogP contribution in [0.1, 0.15) is 53.4 Å². The predicted molar refractivity (Wildman–Crippen MR) is 144 cm³/mol. The zero-order valence-corrected chi connectivity index (χ0v) is 23.4. The van der Waals surface area contributed by atoms with Gasteiger partial charge >= 0.3 is 0 Å². The summed E-state index contributed by atoms with van der Waals surface area (Å²) in [6.07, 6.45) is 6.93. The number of carbonyl (C=O) groups is 2. The SMILES string of the molecule is CC1(C)CC1C=O.CN1CC2(CCN(C(=O)c3cncs3)C2)C1.Cc1ccc(Cc2nnco2)cc1Cl. The molecule has 3 aromatic rings. The zero-order valence-electron chi connectivity index (χ0n) is 21.8. The number of aryl methyl sites for hydroxylation is 1. The summed E-state index contributed by atoms with van der Waals surface area (Å²) in [4.78, 5) is 31.1. The average molecular weight is 544 g/mol. The maximum absolute atomic E-state index is 12.1. The maximum atomic E-state index is 12.1. The number of thiazole rings is 1. The number of aldehydes is 1. The standard InChI is InChI=1S/C11H15N3OS.C10H9ClN2O.C6H10O/c1-13-5-11(6-13)2-3-14(7-11)10(15)9-4-12-8-16-9;1-7-2-3-8(4-9(7)11)5-10-13-12-6-14-10;1-6(2)3-5(6)4-7/h4,8H,2-3,5-7H2,1H3;2-4,6H,5H2,1H3;4-5H,3H2,1-2H3. The van der Waals surface area contributed by atoms with Gasteiger partial charge in [0.15, 0.2) is 0 Å². The van der Waals surface area contributed by atoms with Crippen molar-refractivity contribution in [3.05, 3.63) is 63.2 Å². The molecule has 10 heteroatoms. The van der Waals surface area contributed by atoms with E-state index >= 15 is 0 Å². The normalized spacial score (nSPS) is 20.8. The Bertz CT molecular complexity index is 1190. The second-order valence-corrected chi connectivity index (χ2v) is 12.3. The van der Waals surface area contributed by atoms with Crippen molar-refractivity contribution in [1.82, 2.24) is 25.0 Å². The first-order valence-corrected chi connectivity index (χ1v) is 13.7. The molecule has 1 aromatic carbocycles. The second kappa shape index (κ2) is 11.4. The number of rotatable bonds is 4. The molecule has 37 heavy (non-hydrogen) atoms.